The lowest BCUT2D eigenvalue weighted by molar-refractivity contribution is 0.487. The van der Waals surface area contributed by atoms with Crippen molar-refractivity contribution >= 4 is 13.2 Å². The van der Waals surface area contributed by atoms with E-state index in [1.807, 2.05) is 5.31 Å². The second kappa shape index (κ2) is 6.88. The summed E-state index contributed by atoms with van der Waals surface area (Å²) in [5.41, 5.74) is 5.29. The average molecular weight is 312 g/mol. The van der Waals surface area contributed by atoms with Gasteiger partial charge >= 0.3 is 0 Å². The van der Waals surface area contributed by atoms with E-state index in [1.54, 1.807) is 11.1 Å². The molecule has 0 nitrogen and oxygen atoms in total. The van der Waals surface area contributed by atoms with Gasteiger partial charge in [0.2, 0.25) is 0 Å². The van der Waals surface area contributed by atoms with E-state index < -0.39 is 0 Å². The van der Waals surface area contributed by atoms with E-state index in [9.17, 15) is 0 Å². The molecule has 0 saturated heterocycles. The highest BCUT2D eigenvalue weighted by molar-refractivity contribution is 7.69. The summed E-state index contributed by atoms with van der Waals surface area (Å²) in [6.07, 6.45) is 18.8. The normalized spacial score (nSPS) is 23.6. The largest absolute Gasteiger partial charge is 0.0718 e. The van der Waals surface area contributed by atoms with Crippen LogP contribution in [-0.4, -0.2) is 11.3 Å². The van der Waals surface area contributed by atoms with Crippen LogP contribution in [0.5, 0.6) is 0 Å². The standard InChI is InChI=1S/C21H29P/c1-3-10-18(11-4-1)22(19-12-5-2-6-13-19)21-16-15-17-9-7-8-14-20(17)21/h7-9,14,16,18-19H,1-6,10-13,15H2. The highest BCUT2D eigenvalue weighted by Crippen LogP contribution is 2.65. The van der Waals surface area contributed by atoms with Gasteiger partial charge in [0.1, 0.15) is 0 Å². The van der Waals surface area contributed by atoms with Crippen LogP contribution >= 0.6 is 7.92 Å². The SMILES string of the molecule is C1=C(P(C2CCCCC2)C2CCCCC2)c2ccccc2C1. The summed E-state index contributed by atoms with van der Waals surface area (Å²) < 4.78 is 0. The Bertz CT molecular complexity index is 515. The van der Waals surface area contributed by atoms with Crippen molar-refractivity contribution in [1.29, 1.82) is 0 Å². The van der Waals surface area contributed by atoms with E-state index in [1.165, 1.54) is 70.6 Å². The molecule has 2 fully saturated rings. The Morgan fingerprint density at radius 1 is 0.727 bits per heavy atom. The fourth-order valence-corrected chi connectivity index (χ4v) is 8.94. The molecule has 0 radical (unpaired) electrons. The van der Waals surface area contributed by atoms with Crippen LogP contribution in [0.15, 0.2) is 30.3 Å². The van der Waals surface area contributed by atoms with Crippen molar-refractivity contribution in [1.82, 2.24) is 0 Å². The third-order valence-electron chi connectivity index (χ3n) is 6.02. The molecule has 3 aliphatic rings. The third-order valence-corrected chi connectivity index (χ3v) is 9.61. The molecule has 0 bridgehead atoms. The second-order valence-electron chi connectivity index (χ2n) is 7.44. The van der Waals surface area contributed by atoms with E-state index in [-0.39, 0.29) is 7.92 Å². The quantitative estimate of drug-likeness (QED) is 0.543. The average Bonchev–Trinajstić information content (AvgIpc) is 3.01. The summed E-state index contributed by atoms with van der Waals surface area (Å²) in [6, 6.07) is 9.25. The van der Waals surface area contributed by atoms with Crippen LogP contribution in [0.25, 0.3) is 5.31 Å². The van der Waals surface area contributed by atoms with E-state index in [2.05, 4.69) is 30.3 Å². The fraction of sp³-hybridized carbons (Fsp3) is 0.619. The number of benzene rings is 1. The second-order valence-corrected chi connectivity index (χ2v) is 10.2. The Balaban J connectivity index is 1.65. The van der Waals surface area contributed by atoms with Crippen molar-refractivity contribution in [2.24, 2.45) is 0 Å². The van der Waals surface area contributed by atoms with Crippen LogP contribution in [-0.2, 0) is 6.42 Å². The maximum absolute atomic E-state index is 2.62. The number of allylic oxidation sites excluding steroid dienone is 1. The zero-order chi connectivity index (χ0) is 14.8. The van der Waals surface area contributed by atoms with Gasteiger partial charge in [0.25, 0.3) is 0 Å². The number of hydrogen-bond acceptors (Lipinski definition) is 0. The molecule has 2 saturated carbocycles. The van der Waals surface area contributed by atoms with Crippen LogP contribution in [0.1, 0.15) is 75.3 Å². The smallest absolute Gasteiger partial charge is 0.00817 e. The lowest BCUT2D eigenvalue weighted by Gasteiger charge is -2.39. The molecular formula is C21H29P. The first-order valence-electron chi connectivity index (χ1n) is 9.50. The lowest BCUT2D eigenvalue weighted by Crippen LogP contribution is -2.20. The molecule has 1 heteroatoms. The monoisotopic (exact) mass is 312 g/mol. The molecular weight excluding hydrogens is 283 g/mol. The summed E-state index contributed by atoms with van der Waals surface area (Å²) >= 11 is 0. The highest BCUT2D eigenvalue weighted by atomic mass is 31.1. The lowest BCUT2D eigenvalue weighted by atomic mass is 9.99. The molecule has 4 rings (SSSR count). The Morgan fingerprint density at radius 3 is 1.95 bits per heavy atom. The van der Waals surface area contributed by atoms with Gasteiger partial charge in [-0.2, -0.15) is 0 Å². The first kappa shape index (κ1) is 14.9. The molecule has 22 heavy (non-hydrogen) atoms. The summed E-state index contributed by atoms with van der Waals surface area (Å²) in [6.45, 7) is 0. The van der Waals surface area contributed by atoms with E-state index in [0.717, 1.165) is 11.3 Å². The third kappa shape index (κ3) is 2.92. The van der Waals surface area contributed by atoms with Crippen molar-refractivity contribution in [3.05, 3.63) is 41.5 Å². The minimum atomic E-state index is 0.0764. The van der Waals surface area contributed by atoms with Crippen LogP contribution in [0.3, 0.4) is 0 Å². The van der Waals surface area contributed by atoms with Gasteiger partial charge in [-0.25, -0.2) is 0 Å². The fourth-order valence-electron chi connectivity index (χ4n) is 4.92. The first-order chi connectivity index (χ1) is 10.9. The molecule has 3 aliphatic carbocycles. The van der Waals surface area contributed by atoms with Gasteiger partial charge in [0.05, 0.1) is 0 Å². The molecule has 1 aromatic rings. The van der Waals surface area contributed by atoms with Gasteiger partial charge in [0.15, 0.2) is 0 Å². The molecule has 118 valence electrons. The summed E-state index contributed by atoms with van der Waals surface area (Å²) in [4.78, 5) is 0. The zero-order valence-corrected chi connectivity index (χ0v) is 14.7. The van der Waals surface area contributed by atoms with Gasteiger partial charge in [-0.1, -0.05) is 76.8 Å². The molecule has 0 amide bonds. The molecule has 0 aromatic heterocycles. The van der Waals surface area contributed by atoms with Crippen LogP contribution < -0.4 is 0 Å². The molecule has 1 aromatic carbocycles. The van der Waals surface area contributed by atoms with Crippen molar-refractivity contribution < 1.29 is 0 Å². The Kier molecular flexibility index (Phi) is 4.67. The first-order valence-corrected chi connectivity index (χ1v) is 11.0. The molecule has 0 spiro atoms. The van der Waals surface area contributed by atoms with E-state index >= 15 is 0 Å². The summed E-state index contributed by atoms with van der Waals surface area (Å²) in [5, 5.41) is 1.81. The van der Waals surface area contributed by atoms with Crippen molar-refractivity contribution in [3.63, 3.8) is 0 Å². The van der Waals surface area contributed by atoms with E-state index in [0.29, 0.717) is 0 Å². The highest BCUT2D eigenvalue weighted by Gasteiger charge is 2.35. The summed E-state index contributed by atoms with van der Waals surface area (Å²) in [7, 11) is 0.0764. The van der Waals surface area contributed by atoms with Gasteiger partial charge in [0, 0.05) is 0 Å². The molecule has 0 aliphatic heterocycles. The Morgan fingerprint density at radius 2 is 1.32 bits per heavy atom. The number of rotatable bonds is 3. The Labute approximate surface area is 137 Å². The minimum absolute atomic E-state index is 0.0764. The van der Waals surface area contributed by atoms with Gasteiger partial charge in [-0.15, -0.1) is 0 Å². The molecule has 0 atom stereocenters. The zero-order valence-electron chi connectivity index (χ0n) is 13.8. The van der Waals surface area contributed by atoms with Gasteiger partial charge in [-0.3, -0.25) is 0 Å². The maximum Gasteiger partial charge on any atom is -0.00817 e. The molecule has 0 N–H and O–H groups in total. The Hall–Kier alpha value is -0.610. The van der Waals surface area contributed by atoms with Crippen LogP contribution in [0.2, 0.25) is 0 Å². The molecule has 0 unspecified atom stereocenters. The predicted molar refractivity (Wildman–Crippen MR) is 98.8 cm³/mol. The van der Waals surface area contributed by atoms with Gasteiger partial charge < -0.3 is 0 Å². The topological polar surface area (TPSA) is 0 Å². The van der Waals surface area contributed by atoms with Gasteiger partial charge in [-0.05, 0) is 59.9 Å². The van der Waals surface area contributed by atoms with Crippen LogP contribution in [0.4, 0.5) is 0 Å². The number of fused-ring (bicyclic) bond motifs is 1. The molecule has 0 heterocycles. The van der Waals surface area contributed by atoms with E-state index in [4.69, 9.17) is 0 Å². The van der Waals surface area contributed by atoms with Crippen molar-refractivity contribution in [2.45, 2.75) is 81.9 Å². The minimum Gasteiger partial charge on any atom is -0.0718 e. The van der Waals surface area contributed by atoms with Crippen molar-refractivity contribution in [2.75, 3.05) is 0 Å². The van der Waals surface area contributed by atoms with Crippen molar-refractivity contribution in [3.8, 4) is 0 Å². The number of hydrogen-bond donors (Lipinski definition) is 0. The van der Waals surface area contributed by atoms with Crippen LogP contribution in [0, 0.1) is 0 Å². The maximum atomic E-state index is 2.62. The summed E-state index contributed by atoms with van der Waals surface area (Å²) in [5.74, 6) is 0. The predicted octanol–water partition coefficient (Wildman–Crippen LogP) is 6.73.